The molecule has 18 heavy (non-hydrogen) atoms. The van der Waals surface area contributed by atoms with Crippen molar-refractivity contribution in [3.8, 4) is 0 Å². The molecule has 0 unspecified atom stereocenters. The minimum atomic E-state index is -0.146. The Morgan fingerprint density at radius 3 is 2.56 bits per heavy atom. The van der Waals surface area contributed by atoms with Gasteiger partial charge >= 0.3 is 5.97 Å². The van der Waals surface area contributed by atoms with Crippen molar-refractivity contribution in [2.24, 2.45) is 29.6 Å². The van der Waals surface area contributed by atoms with Gasteiger partial charge in [0.2, 0.25) is 0 Å². The number of ether oxygens (including phenoxy) is 1. The van der Waals surface area contributed by atoms with Gasteiger partial charge in [-0.05, 0) is 37.0 Å². The summed E-state index contributed by atoms with van der Waals surface area (Å²) in [5, 5.41) is 0. The molecule has 0 aromatic rings. The molecule has 0 N–H and O–H groups in total. The molecular weight excluding hydrogens is 228 g/mol. The van der Waals surface area contributed by atoms with Gasteiger partial charge in [0.15, 0.2) is 0 Å². The largest absolute Gasteiger partial charge is 0.462 e. The summed E-state index contributed by atoms with van der Waals surface area (Å²) >= 11 is 0. The fourth-order valence-electron chi connectivity index (χ4n) is 3.12. The van der Waals surface area contributed by atoms with Crippen molar-refractivity contribution >= 4 is 12.3 Å². The first kappa shape index (κ1) is 13.6. The van der Waals surface area contributed by atoms with Crippen LogP contribution < -0.4 is 0 Å². The van der Waals surface area contributed by atoms with E-state index in [-0.39, 0.29) is 23.9 Å². The van der Waals surface area contributed by atoms with Gasteiger partial charge in [-0.2, -0.15) is 0 Å². The van der Waals surface area contributed by atoms with Gasteiger partial charge in [-0.1, -0.05) is 27.2 Å². The lowest BCUT2D eigenvalue weighted by molar-refractivity contribution is -0.158. The average molecular weight is 252 g/mol. The number of hydrogen-bond donors (Lipinski definition) is 0. The van der Waals surface area contributed by atoms with Crippen LogP contribution in [0.1, 0.15) is 46.5 Å². The summed E-state index contributed by atoms with van der Waals surface area (Å²) in [6, 6.07) is 0. The van der Waals surface area contributed by atoms with E-state index >= 15 is 0 Å². The number of esters is 1. The number of carbonyl (C=O) groups excluding carboxylic acids is 2. The Balaban J connectivity index is 1.92. The highest BCUT2D eigenvalue weighted by molar-refractivity contribution is 5.81. The summed E-state index contributed by atoms with van der Waals surface area (Å²) in [7, 11) is 0. The van der Waals surface area contributed by atoms with E-state index in [9.17, 15) is 9.59 Å². The van der Waals surface area contributed by atoms with Crippen molar-refractivity contribution in [1.29, 1.82) is 0 Å². The van der Waals surface area contributed by atoms with Gasteiger partial charge in [-0.15, -0.1) is 0 Å². The van der Waals surface area contributed by atoms with Crippen LogP contribution in [-0.4, -0.2) is 18.4 Å². The quantitative estimate of drug-likeness (QED) is 0.571. The van der Waals surface area contributed by atoms with Crippen LogP contribution in [0.3, 0.4) is 0 Å². The standard InChI is InChI=1S/C15H24O3/c1-9(2)12-5-4-10(3)6-14(12)18-15(17)13-7-11(13)8-16/h8-14H,4-7H2,1-3H3/t10-,11-,12+,13+,14-/m1/s1. The molecule has 2 aliphatic rings. The van der Waals surface area contributed by atoms with Crippen molar-refractivity contribution in [3.63, 3.8) is 0 Å². The van der Waals surface area contributed by atoms with Gasteiger partial charge in [0.25, 0.3) is 0 Å². The maximum atomic E-state index is 11.9. The topological polar surface area (TPSA) is 43.4 Å². The van der Waals surface area contributed by atoms with Crippen LogP contribution in [0.15, 0.2) is 0 Å². The van der Waals surface area contributed by atoms with Gasteiger partial charge in [-0.25, -0.2) is 0 Å². The summed E-state index contributed by atoms with van der Waals surface area (Å²) in [6.45, 7) is 6.63. The first-order chi connectivity index (χ1) is 8.52. The van der Waals surface area contributed by atoms with E-state index in [1.165, 1.54) is 6.42 Å². The normalized spacial score (nSPS) is 39.4. The number of rotatable bonds is 4. The van der Waals surface area contributed by atoms with E-state index in [1.54, 1.807) is 0 Å². The van der Waals surface area contributed by atoms with Gasteiger partial charge in [-0.3, -0.25) is 4.79 Å². The Hall–Kier alpha value is -0.860. The van der Waals surface area contributed by atoms with E-state index in [1.807, 2.05) is 0 Å². The van der Waals surface area contributed by atoms with Gasteiger partial charge in [0.1, 0.15) is 12.4 Å². The zero-order valence-electron chi connectivity index (χ0n) is 11.6. The summed E-state index contributed by atoms with van der Waals surface area (Å²) in [6.07, 6.45) is 5.00. The molecule has 5 atom stereocenters. The molecule has 0 aromatic carbocycles. The van der Waals surface area contributed by atoms with Crippen LogP contribution in [0.5, 0.6) is 0 Å². The molecule has 0 aliphatic heterocycles. The monoisotopic (exact) mass is 252 g/mol. The molecule has 0 saturated heterocycles. The molecule has 0 bridgehead atoms. The second-order valence-electron chi connectivity index (χ2n) is 6.44. The summed E-state index contributed by atoms with van der Waals surface area (Å²) in [5.74, 6) is 1.31. The highest BCUT2D eigenvalue weighted by Gasteiger charge is 2.46. The average Bonchev–Trinajstić information content (AvgIpc) is 3.07. The zero-order valence-corrected chi connectivity index (χ0v) is 11.6. The molecule has 0 amide bonds. The van der Waals surface area contributed by atoms with Crippen LogP contribution in [0.4, 0.5) is 0 Å². The maximum Gasteiger partial charge on any atom is 0.309 e. The van der Waals surface area contributed by atoms with Crippen LogP contribution in [-0.2, 0) is 14.3 Å². The molecule has 2 aliphatic carbocycles. The Bertz CT molecular complexity index is 324. The van der Waals surface area contributed by atoms with Gasteiger partial charge in [0, 0.05) is 5.92 Å². The van der Waals surface area contributed by atoms with Crippen molar-refractivity contribution < 1.29 is 14.3 Å². The first-order valence-corrected chi connectivity index (χ1v) is 7.18. The maximum absolute atomic E-state index is 11.9. The van der Waals surface area contributed by atoms with Crippen molar-refractivity contribution in [2.45, 2.75) is 52.6 Å². The predicted octanol–water partition coefficient (Wildman–Crippen LogP) is 2.83. The summed E-state index contributed by atoms with van der Waals surface area (Å²) < 4.78 is 5.69. The third kappa shape index (κ3) is 2.93. The lowest BCUT2D eigenvalue weighted by atomic mass is 9.75. The molecule has 0 heterocycles. The van der Waals surface area contributed by atoms with Crippen molar-refractivity contribution in [3.05, 3.63) is 0 Å². The smallest absolute Gasteiger partial charge is 0.309 e. The van der Waals surface area contributed by atoms with Crippen LogP contribution in [0, 0.1) is 29.6 Å². The van der Waals surface area contributed by atoms with Crippen LogP contribution in [0.2, 0.25) is 0 Å². The second kappa shape index (κ2) is 5.41. The molecule has 0 aromatic heterocycles. The molecule has 102 valence electrons. The molecule has 0 radical (unpaired) electrons. The fourth-order valence-corrected chi connectivity index (χ4v) is 3.12. The minimum Gasteiger partial charge on any atom is -0.462 e. The van der Waals surface area contributed by atoms with Crippen LogP contribution in [0.25, 0.3) is 0 Å². The first-order valence-electron chi connectivity index (χ1n) is 7.18. The number of hydrogen-bond acceptors (Lipinski definition) is 3. The predicted molar refractivity (Wildman–Crippen MR) is 68.9 cm³/mol. The van der Waals surface area contributed by atoms with E-state index in [0.717, 1.165) is 19.1 Å². The molecule has 3 nitrogen and oxygen atoms in total. The van der Waals surface area contributed by atoms with Gasteiger partial charge in [0.05, 0.1) is 5.92 Å². The summed E-state index contributed by atoms with van der Waals surface area (Å²) in [4.78, 5) is 22.5. The molecule has 2 saturated carbocycles. The Kier molecular flexibility index (Phi) is 4.08. The van der Waals surface area contributed by atoms with Crippen molar-refractivity contribution in [1.82, 2.24) is 0 Å². The minimum absolute atomic E-state index is 0.0640. The zero-order chi connectivity index (χ0) is 13.3. The third-order valence-electron chi connectivity index (χ3n) is 4.55. The Morgan fingerprint density at radius 1 is 1.28 bits per heavy atom. The van der Waals surface area contributed by atoms with E-state index in [4.69, 9.17) is 4.74 Å². The highest BCUT2D eigenvalue weighted by Crippen LogP contribution is 2.40. The summed E-state index contributed by atoms with van der Waals surface area (Å²) in [5.41, 5.74) is 0. The van der Waals surface area contributed by atoms with Gasteiger partial charge < -0.3 is 9.53 Å². The molecular formula is C15H24O3. The van der Waals surface area contributed by atoms with Crippen molar-refractivity contribution in [2.75, 3.05) is 0 Å². The SMILES string of the molecule is CC(C)[C@@H]1CC[C@@H](C)C[C@H]1OC(=O)[C@H]1C[C@@H]1C=O. The molecule has 2 rings (SSSR count). The lowest BCUT2D eigenvalue weighted by Crippen LogP contribution is -2.36. The lowest BCUT2D eigenvalue weighted by Gasteiger charge is -2.36. The van der Waals surface area contributed by atoms with E-state index in [0.29, 0.717) is 24.2 Å². The molecule has 0 spiro atoms. The Labute approximate surface area is 109 Å². The third-order valence-corrected chi connectivity index (χ3v) is 4.55. The fraction of sp³-hybridized carbons (Fsp3) is 0.867. The molecule has 2 fully saturated rings. The van der Waals surface area contributed by atoms with E-state index in [2.05, 4.69) is 20.8 Å². The number of aldehydes is 1. The Morgan fingerprint density at radius 2 is 2.00 bits per heavy atom. The molecule has 3 heteroatoms. The number of carbonyl (C=O) groups is 2. The second-order valence-corrected chi connectivity index (χ2v) is 6.44. The highest BCUT2D eigenvalue weighted by atomic mass is 16.5. The van der Waals surface area contributed by atoms with E-state index < -0.39 is 0 Å². The van der Waals surface area contributed by atoms with Crippen LogP contribution >= 0.6 is 0 Å².